The van der Waals surface area contributed by atoms with E-state index >= 15 is 0 Å². The molecular formula is C18H28N4O2S. The van der Waals surface area contributed by atoms with Crippen molar-refractivity contribution in [1.82, 2.24) is 20.1 Å². The molecule has 4 rings (SSSR count). The van der Waals surface area contributed by atoms with Gasteiger partial charge >= 0.3 is 6.03 Å². The molecule has 3 aliphatic rings. The van der Waals surface area contributed by atoms with Gasteiger partial charge in [-0.15, -0.1) is 11.3 Å². The molecule has 7 heteroatoms. The number of likely N-dealkylation sites (tertiary alicyclic amines) is 1. The van der Waals surface area contributed by atoms with E-state index in [0.717, 1.165) is 51.9 Å². The Hall–Kier alpha value is -1.18. The summed E-state index contributed by atoms with van der Waals surface area (Å²) in [5.74, 6) is 0. The number of nitrogens with one attached hydrogen (secondary N) is 1. The Labute approximate surface area is 153 Å². The van der Waals surface area contributed by atoms with Crippen LogP contribution in [0.3, 0.4) is 0 Å². The van der Waals surface area contributed by atoms with Crippen molar-refractivity contribution in [3.8, 4) is 0 Å². The zero-order valence-corrected chi connectivity index (χ0v) is 15.8. The Morgan fingerprint density at radius 1 is 1.52 bits per heavy atom. The SMILES string of the molecule is CN(Cc1nccs1)[C@@H]1CC12CCN(C(=O)NC[C@H]1CCCO1)CC2. The average Bonchev–Trinajstić information content (AvgIpc) is 3.04. The summed E-state index contributed by atoms with van der Waals surface area (Å²) in [6.07, 6.45) is 7.77. The van der Waals surface area contributed by atoms with Gasteiger partial charge in [-0.05, 0) is 44.6 Å². The lowest BCUT2D eigenvalue weighted by atomic mass is 9.92. The molecule has 3 heterocycles. The smallest absolute Gasteiger partial charge is 0.317 e. The van der Waals surface area contributed by atoms with Gasteiger partial charge in [0.1, 0.15) is 5.01 Å². The fourth-order valence-electron chi connectivity index (χ4n) is 4.41. The van der Waals surface area contributed by atoms with E-state index in [2.05, 4.69) is 22.2 Å². The highest BCUT2D eigenvalue weighted by atomic mass is 32.1. The van der Waals surface area contributed by atoms with Gasteiger partial charge in [0.2, 0.25) is 0 Å². The maximum absolute atomic E-state index is 12.4. The number of hydrogen-bond acceptors (Lipinski definition) is 5. The van der Waals surface area contributed by atoms with Gasteiger partial charge in [0, 0.05) is 43.9 Å². The van der Waals surface area contributed by atoms with Gasteiger partial charge in [-0.2, -0.15) is 0 Å². The van der Waals surface area contributed by atoms with Crippen LogP contribution in [0.25, 0.3) is 0 Å². The van der Waals surface area contributed by atoms with Gasteiger partial charge < -0.3 is 15.0 Å². The normalized spacial score (nSPS) is 27.8. The number of hydrogen-bond donors (Lipinski definition) is 1. The highest BCUT2D eigenvalue weighted by Crippen LogP contribution is 2.56. The van der Waals surface area contributed by atoms with Crippen molar-refractivity contribution < 1.29 is 9.53 Å². The summed E-state index contributed by atoms with van der Waals surface area (Å²) in [4.78, 5) is 21.2. The summed E-state index contributed by atoms with van der Waals surface area (Å²) < 4.78 is 5.57. The molecule has 3 fully saturated rings. The molecule has 2 amide bonds. The topological polar surface area (TPSA) is 57.7 Å². The van der Waals surface area contributed by atoms with Gasteiger partial charge in [0.15, 0.2) is 0 Å². The van der Waals surface area contributed by atoms with Crippen LogP contribution in [0, 0.1) is 5.41 Å². The molecule has 0 radical (unpaired) electrons. The lowest BCUT2D eigenvalue weighted by Crippen LogP contribution is -2.47. The second-order valence-corrected chi connectivity index (χ2v) is 8.71. The van der Waals surface area contributed by atoms with E-state index in [9.17, 15) is 4.79 Å². The monoisotopic (exact) mass is 364 g/mol. The van der Waals surface area contributed by atoms with E-state index < -0.39 is 0 Å². The van der Waals surface area contributed by atoms with Gasteiger partial charge in [-0.25, -0.2) is 9.78 Å². The molecule has 0 unspecified atom stereocenters. The molecule has 2 saturated heterocycles. The zero-order chi connectivity index (χ0) is 17.3. The van der Waals surface area contributed by atoms with Crippen molar-refractivity contribution in [1.29, 1.82) is 0 Å². The Morgan fingerprint density at radius 2 is 2.36 bits per heavy atom. The maximum atomic E-state index is 12.4. The molecule has 0 aromatic carbocycles. The molecule has 1 N–H and O–H groups in total. The third-order valence-electron chi connectivity index (χ3n) is 6.10. The summed E-state index contributed by atoms with van der Waals surface area (Å²) >= 11 is 1.73. The van der Waals surface area contributed by atoms with E-state index in [1.54, 1.807) is 11.3 Å². The van der Waals surface area contributed by atoms with E-state index in [1.807, 2.05) is 16.5 Å². The van der Waals surface area contributed by atoms with Crippen LogP contribution in [-0.2, 0) is 11.3 Å². The lowest BCUT2D eigenvalue weighted by molar-refractivity contribution is 0.105. The van der Waals surface area contributed by atoms with Crippen LogP contribution in [-0.4, -0.2) is 66.2 Å². The van der Waals surface area contributed by atoms with Crippen LogP contribution in [0.2, 0.25) is 0 Å². The molecule has 1 aromatic heterocycles. The van der Waals surface area contributed by atoms with Crippen molar-refractivity contribution in [2.45, 2.75) is 50.8 Å². The Bertz CT molecular complexity index is 580. The molecule has 2 atom stereocenters. The molecule has 25 heavy (non-hydrogen) atoms. The second-order valence-electron chi connectivity index (χ2n) is 7.73. The minimum Gasteiger partial charge on any atom is -0.376 e. The third kappa shape index (κ3) is 3.83. The molecule has 1 aliphatic carbocycles. The molecule has 1 spiro atoms. The van der Waals surface area contributed by atoms with Crippen LogP contribution in [0.5, 0.6) is 0 Å². The van der Waals surface area contributed by atoms with Crippen LogP contribution >= 0.6 is 11.3 Å². The average molecular weight is 365 g/mol. The minimum absolute atomic E-state index is 0.0821. The lowest BCUT2D eigenvalue weighted by Gasteiger charge is -2.34. The van der Waals surface area contributed by atoms with Crippen LogP contribution in [0.1, 0.15) is 37.1 Å². The first kappa shape index (κ1) is 17.2. The summed E-state index contributed by atoms with van der Waals surface area (Å²) in [6, 6.07) is 0.729. The molecular weight excluding hydrogens is 336 g/mol. The van der Waals surface area contributed by atoms with Crippen LogP contribution in [0.15, 0.2) is 11.6 Å². The van der Waals surface area contributed by atoms with Gasteiger partial charge in [0.05, 0.1) is 12.6 Å². The van der Waals surface area contributed by atoms with Crippen molar-refractivity contribution in [2.75, 3.05) is 33.3 Å². The summed E-state index contributed by atoms with van der Waals surface area (Å²) in [7, 11) is 2.21. The van der Waals surface area contributed by atoms with Crippen molar-refractivity contribution in [3.63, 3.8) is 0 Å². The largest absolute Gasteiger partial charge is 0.376 e. The highest BCUT2D eigenvalue weighted by Gasteiger charge is 2.56. The standard InChI is InChI=1S/C18H28N4O2S/c1-21(13-16-19-6-10-25-16)15-11-18(15)4-7-22(8-5-18)17(23)20-12-14-3-2-9-24-14/h6,10,14-15H,2-5,7-9,11-13H2,1H3,(H,20,23)/t14-,15-/m1/s1. The first-order valence-corrected chi connectivity index (χ1v) is 10.3. The number of amides is 2. The third-order valence-corrected chi connectivity index (χ3v) is 6.86. The van der Waals surface area contributed by atoms with E-state index in [0.29, 0.717) is 18.0 Å². The second kappa shape index (κ2) is 7.21. The summed E-state index contributed by atoms with van der Waals surface area (Å²) in [5.41, 5.74) is 0.428. The van der Waals surface area contributed by atoms with E-state index in [-0.39, 0.29) is 12.1 Å². The van der Waals surface area contributed by atoms with Crippen molar-refractivity contribution in [2.24, 2.45) is 5.41 Å². The fourth-order valence-corrected chi connectivity index (χ4v) is 5.09. The number of ether oxygens (including phenoxy) is 1. The predicted molar refractivity (Wildman–Crippen MR) is 97.6 cm³/mol. The van der Waals surface area contributed by atoms with E-state index in [4.69, 9.17) is 4.74 Å². The Balaban J connectivity index is 1.21. The fraction of sp³-hybridized carbons (Fsp3) is 0.778. The maximum Gasteiger partial charge on any atom is 0.317 e. The predicted octanol–water partition coefficient (Wildman–Crippen LogP) is 2.32. The van der Waals surface area contributed by atoms with E-state index in [1.165, 1.54) is 11.4 Å². The number of carbonyl (C=O) groups is 1. The Morgan fingerprint density at radius 3 is 3.04 bits per heavy atom. The molecule has 0 bridgehead atoms. The molecule has 138 valence electrons. The molecule has 2 aliphatic heterocycles. The van der Waals surface area contributed by atoms with Crippen molar-refractivity contribution >= 4 is 17.4 Å². The Kier molecular flexibility index (Phi) is 4.97. The van der Waals surface area contributed by atoms with Crippen LogP contribution < -0.4 is 5.32 Å². The number of rotatable bonds is 5. The van der Waals surface area contributed by atoms with Crippen molar-refractivity contribution in [3.05, 3.63) is 16.6 Å². The quantitative estimate of drug-likeness (QED) is 0.871. The molecule has 1 saturated carbocycles. The number of aromatic nitrogens is 1. The summed E-state index contributed by atoms with van der Waals surface area (Å²) in [5, 5.41) is 6.28. The highest BCUT2D eigenvalue weighted by molar-refractivity contribution is 7.09. The molecule has 6 nitrogen and oxygen atoms in total. The van der Waals surface area contributed by atoms with Gasteiger partial charge in [-0.1, -0.05) is 0 Å². The molecule has 1 aromatic rings. The number of thiazole rings is 1. The first-order valence-electron chi connectivity index (χ1n) is 9.39. The van der Waals surface area contributed by atoms with Gasteiger partial charge in [0.25, 0.3) is 0 Å². The van der Waals surface area contributed by atoms with Crippen LogP contribution in [0.4, 0.5) is 4.79 Å². The number of nitrogens with zero attached hydrogens (tertiary/aromatic N) is 3. The summed E-state index contributed by atoms with van der Waals surface area (Å²) in [6.45, 7) is 4.18. The zero-order valence-electron chi connectivity index (χ0n) is 14.9. The number of urea groups is 1. The number of piperidine rings is 1. The van der Waals surface area contributed by atoms with Gasteiger partial charge in [-0.3, -0.25) is 4.90 Å². The minimum atomic E-state index is 0.0821. The first-order chi connectivity index (χ1) is 12.2. The number of carbonyl (C=O) groups excluding carboxylic acids is 1.